The molecule has 0 N–H and O–H groups in total. The summed E-state index contributed by atoms with van der Waals surface area (Å²) >= 11 is 0. The molecule has 1 aromatic carbocycles. The minimum atomic E-state index is 0.772. The van der Waals surface area contributed by atoms with E-state index in [2.05, 4.69) is 63.8 Å². The number of piperazine rings is 1. The Balaban J connectivity index is 1.54. The average molecular weight is 324 g/mol. The van der Waals surface area contributed by atoms with Crippen LogP contribution in [0.2, 0.25) is 0 Å². The molecule has 128 valence electrons. The molecule has 0 saturated carbocycles. The lowest BCUT2D eigenvalue weighted by atomic mass is 9.99. The van der Waals surface area contributed by atoms with E-state index in [-0.39, 0.29) is 0 Å². The third kappa shape index (κ3) is 3.13. The van der Waals surface area contributed by atoms with Crippen LogP contribution in [0.3, 0.4) is 0 Å². The first kappa shape index (κ1) is 15.9. The van der Waals surface area contributed by atoms with Crippen molar-refractivity contribution in [2.45, 2.75) is 45.7 Å². The van der Waals surface area contributed by atoms with Gasteiger partial charge in [0, 0.05) is 37.9 Å². The molecule has 0 unspecified atom stereocenters. The summed E-state index contributed by atoms with van der Waals surface area (Å²) < 4.78 is 2.10. The first-order chi connectivity index (χ1) is 11.7. The summed E-state index contributed by atoms with van der Waals surface area (Å²) in [4.78, 5) is 5.34. The summed E-state index contributed by atoms with van der Waals surface area (Å²) in [5.41, 5.74) is 4.90. The zero-order chi connectivity index (χ0) is 16.5. The molecular weight excluding hydrogens is 296 g/mol. The van der Waals surface area contributed by atoms with E-state index in [0.29, 0.717) is 0 Å². The van der Waals surface area contributed by atoms with Gasteiger partial charge in [-0.2, -0.15) is 5.10 Å². The van der Waals surface area contributed by atoms with E-state index in [1.54, 1.807) is 0 Å². The van der Waals surface area contributed by atoms with Crippen LogP contribution in [-0.4, -0.2) is 51.8 Å². The van der Waals surface area contributed by atoms with E-state index >= 15 is 0 Å². The van der Waals surface area contributed by atoms with Crippen molar-refractivity contribution >= 4 is 0 Å². The van der Waals surface area contributed by atoms with E-state index in [1.807, 2.05) is 0 Å². The average Bonchev–Trinajstić information content (AvgIpc) is 2.93. The number of fused-ring (bicyclic) bond motifs is 1. The maximum Gasteiger partial charge on any atom is 0.0693 e. The van der Waals surface area contributed by atoms with Crippen molar-refractivity contribution < 1.29 is 0 Å². The van der Waals surface area contributed by atoms with Gasteiger partial charge < -0.3 is 0 Å². The third-order valence-corrected chi connectivity index (χ3v) is 5.54. The molecule has 2 saturated heterocycles. The van der Waals surface area contributed by atoms with Crippen molar-refractivity contribution in [2.24, 2.45) is 0 Å². The topological polar surface area (TPSA) is 24.3 Å². The number of aromatic nitrogens is 2. The summed E-state index contributed by atoms with van der Waals surface area (Å²) in [6, 6.07) is 11.7. The van der Waals surface area contributed by atoms with Gasteiger partial charge in [0.25, 0.3) is 0 Å². The standard InChI is InChI=1S/C20H28N4/c1-16-13-17(2)24(21-16)20-9-4-3-7-18(20)14-22-11-12-23-10-6-5-8-19(23)15-22/h3-4,7,9,13,19H,5-6,8,10-12,14-15H2,1-2H3/t19-/m1/s1. The van der Waals surface area contributed by atoms with Crippen molar-refractivity contribution in [2.75, 3.05) is 26.2 Å². The van der Waals surface area contributed by atoms with E-state index in [4.69, 9.17) is 0 Å². The van der Waals surface area contributed by atoms with E-state index in [0.717, 1.165) is 18.3 Å². The fraction of sp³-hybridized carbons (Fsp3) is 0.550. The number of para-hydroxylation sites is 1. The number of aryl methyl sites for hydroxylation is 2. The maximum atomic E-state index is 4.69. The molecule has 2 fully saturated rings. The monoisotopic (exact) mass is 324 g/mol. The lowest BCUT2D eigenvalue weighted by molar-refractivity contribution is 0.0456. The van der Waals surface area contributed by atoms with Crippen LogP contribution < -0.4 is 0 Å². The molecule has 0 aliphatic carbocycles. The van der Waals surface area contributed by atoms with Crippen LogP contribution >= 0.6 is 0 Å². The van der Waals surface area contributed by atoms with Crippen LogP contribution in [0.5, 0.6) is 0 Å². The Kier molecular flexibility index (Phi) is 4.42. The Morgan fingerprint density at radius 1 is 1.08 bits per heavy atom. The van der Waals surface area contributed by atoms with Crippen LogP contribution in [-0.2, 0) is 6.54 Å². The maximum absolute atomic E-state index is 4.69. The fourth-order valence-electron chi connectivity index (χ4n) is 4.33. The third-order valence-electron chi connectivity index (χ3n) is 5.54. The van der Waals surface area contributed by atoms with Gasteiger partial charge in [-0.1, -0.05) is 24.6 Å². The lowest BCUT2D eigenvalue weighted by Gasteiger charge is -2.44. The predicted molar refractivity (Wildman–Crippen MR) is 97.5 cm³/mol. The second-order valence-electron chi connectivity index (χ2n) is 7.39. The van der Waals surface area contributed by atoms with Crippen molar-refractivity contribution in [3.63, 3.8) is 0 Å². The van der Waals surface area contributed by atoms with Gasteiger partial charge in [0.2, 0.25) is 0 Å². The molecule has 3 heterocycles. The smallest absolute Gasteiger partial charge is 0.0693 e. The zero-order valence-electron chi connectivity index (χ0n) is 14.9. The van der Waals surface area contributed by atoms with Crippen LogP contribution in [0.25, 0.3) is 5.69 Å². The van der Waals surface area contributed by atoms with Crippen LogP contribution in [0.4, 0.5) is 0 Å². The molecule has 4 heteroatoms. The largest absolute Gasteiger partial charge is 0.298 e. The van der Waals surface area contributed by atoms with Crippen molar-refractivity contribution in [1.29, 1.82) is 0 Å². The molecule has 1 atom stereocenters. The number of rotatable bonds is 3. The first-order valence-corrected chi connectivity index (χ1v) is 9.28. The SMILES string of the molecule is Cc1cc(C)n(-c2ccccc2CN2CCN3CCCC[C@@H]3C2)n1. The summed E-state index contributed by atoms with van der Waals surface area (Å²) in [6.45, 7) is 10.2. The number of hydrogen-bond acceptors (Lipinski definition) is 3. The van der Waals surface area contributed by atoms with Crippen LogP contribution in [0, 0.1) is 13.8 Å². The summed E-state index contributed by atoms with van der Waals surface area (Å²) in [5, 5.41) is 4.69. The number of benzene rings is 1. The molecule has 0 amide bonds. The minimum absolute atomic E-state index is 0.772. The highest BCUT2D eigenvalue weighted by atomic mass is 15.3. The number of nitrogens with zero attached hydrogens (tertiary/aromatic N) is 4. The fourth-order valence-corrected chi connectivity index (χ4v) is 4.33. The zero-order valence-corrected chi connectivity index (χ0v) is 14.9. The van der Waals surface area contributed by atoms with Crippen molar-refractivity contribution in [3.8, 4) is 5.69 Å². The summed E-state index contributed by atoms with van der Waals surface area (Å²) in [5.74, 6) is 0. The van der Waals surface area contributed by atoms with E-state index in [1.165, 1.54) is 62.4 Å². The van der Waals surface area contributed by atoms with Crippen molar-refractivity contribution in [3.05, 3.63) is 47.3 Å². The van der Waals surface area contributed by atoms with Gasteiger partial charge in [-0.15, -0.1) is 0 Å². The molecule has 2 aliphatic heterocycles. The summed E-state index contributed by atoms with van der Waals surface area (Å²) in [7, 11) is 0. The molecule has 2 aromatic rings. The van der Waals surface area contributed by atoms with Gasteiger partial charge in [-0.25, -0.2) is 4.68 Å². The Morgan fingerprint density at radius 3 is 2.79 bits per heavy atom. The second kappa shape index (κ2) is 6.69. The van der Waals surface area contributed by atoms with Gasteiger partial charge in [0.05, 0.1) is 11.4 Å². The van der Waals surface area contributed by atoms with E-state index < -0.39 is 0 Å². The molecule has 1 aromatic heterocycles. The number of piperidine rings is 1. The van der Waals surface area contributed by atoms with Gasteiger partial charge in [-0.05, 0) is 50.9 Å². The normalized spacial score (nSPS) is 22.5. The molecular formula is C20H28N4. The Labute approximate surface area is 145 Å². The number of hydrogen-bond donors (Lipinski definition) is 0. The first-order valence-electron chi connectivity index (χ1n) is 9.28. The Bertz CT molecular complexity index is 705. The Morgan fingerprint density at radius 2 is 1.96 bits per heavy atom. The molecule has 0 bridgehead atoms. The van der Waals surface area contributed by atoms with Gasteiger partial charge in [0.15, 0.2) is 0 Å². The Hall–Kier alpha value is -1.65. The molecule has 4 rings (SSSR count). The predicted octanol–water partition coefficient (Wildman–Crippen LogP) is 3.16. The highest BCUT2D eigenvalue weighted by Crippen LogP contribution is 2.24. The quantitative estimate of drug-likeness (QED) is 0.867. The van der Waals surface area contributed by atoms with Crippen molar-refractivity contribution in [1.82, 2.24) is 19.6 Å². The molecule has 2 aliphatic rings. The van der Waals surface area contributed by atoms with Gasteiger partial charge in [0.1, 0.15) is 0 Å². The van der Waals surface area contributed by atoms with Crippen LogP contribution in [0.1, 0.15) is 36.2 Å². The van der Waals surface area contributed by atoms with Gasteiger partial charge in [-0.3, -0.25) is 9.80 Å². The molecule has 24 heavy (non-hydrogen) atoms. The molecule has 0 radical (unpaired) electrons. The molecule has 4 nitrogen and oxygen atoms in total. The summed E-state index contributed by atoms with van der Waals surface area (Å²) in [6.07, 6.45) is 4.16. The second-order valence-corrected chi connectivity index (χ2v) is 7.39. The van der Waals surface area contributed by atoms with E-state index in [9.17, 15) is 0 Å². The lowest BCUT2D eigenvalue weighted by Crippen LogP contribution is -2.54. The van der Waals surface area contributed by atoms with Crippen LogP contribution in [0.15, 0.2) is 30.3 Å². The highest BCUT2D eigenvalue weighted by molar-refractivity contribution is 5.42. The highest BCUT2D eigenvalue weighted by Gasteiger charge is 2.29. The van der Waals surface area contributed by atoms with Gasteiger partial charge >= 0.3 is 0 Å². The minimum Gasteiger partial charge on any atom is -0.298 e. The molecule has 0 spiro atoms.